The third-order valence-electron chi connectivity index (χ3n) is 2.70. The fourth-order valence-corrected chi connectivity index (χ4v) is 3.40. The SMILES string of the molecule is C=C(C)CN(CC)S(=O)(=O)c1ccc(C#N)cc1[N+](=O)[O-]. The second-order valence-corrected chi connectivity index (χ2v) is 6.35. The number of rotatable bonds is 6. The van der Waals surface area contributed by atoms with Gasteiger partial charge in [-0.05, 0) is 19.1 Å². The molecule has 7 nitrogen and oxygen atoms in total. The van der Waals surface area contributed by atoms with E-state index < -0.39 is 25.5 Å². The van der Waals surface area contributed by atoms with E-state index >= 15 is 0 Å². The van der Waals surface area contributed by atoms with E-state index in [-0.39, 0.29) is 18.7 Å². The van der Waals surface area contributed by atoms with Crippen molar-refractivity contribution in [3.63, 3.8) is 0 Å². The van der Waals surface area contributed by atoms with Crippen molar-refractivity contribution < 1.29 is 13.3 Å². The van der Waals surface area contributed by atoms with Crippen LogP contribution in [0.15, 0.2) is 35.2 Å². The van der Waals surface area contributed by atoms with Crippen LogP contribution >= 0.6 is 0 Å². The molecule has 0 aromatic heterocycles. The molecular formula is C13H15N3O4S. The van der Waals surface area contributed by atoms with E-state index in [1.54, 1.807) is 19.9 Å². The number of hydrogen-bond acceptors (Lipinski definition) is 5. The first-order valence-corrected chi connectivity index (χ1v) is 7.51. The van der Waals surface area contributed by atoms with Gasteiger partial charge in [0.1, 0.15) is 0 Å². The van der Waals surface area contributed by atoms with Crippen molar-refractivity contribution in [1.82, 2.24) is 4.31 Å². The van der Waals surface area contributed by atoms with Gasteiger partial charge in [-0.3, -0.25) is 10.1 Å². The highest BCUT2D eigenvalue weighted by molar-refractivity contribution is 7.89. The van der Waals surface area contributed by atoms with Gasteiger partial charge in [-0.15, -0.1) is 0 Å². The highest BCUT2D eigenvalue weighted by Crippen LogP contribution is 2.28. The maximum absolute atomic E-state index is 12.5. The number of nitriles is 1. The lowest BCUT2D eigenvalue weighted by molar-refractivity contribution is -0.387. The Bertz CT molecular complexity index is 719. The lowest BCUT2D eigenvalue weighted by atomic mass is 10.2. The molecule has 0 heterocycles. The number of sulfonamides is 1. The van der Waals surface area contributed by atoms with Gasteiger partial charge in [-0.25, -0.2) is 8.42 Å². The number of benzene rings is 1. The Morgan fingerprint density at radius 3 is 2.57 bits per heavy atom. The summed E-state index contributed by atoms with van der Waals surface area (Å²) in [5.74, 6) is 0. The molecule has 1 aromatic carbocycles. The fraction of sp³-hybridized carbons (Fsp3) is 0.308. The average molecular weight is 309 g/mol. The van der Waals surface area contributed by atoms with E-state index in [1.165, 1.54) is 6.07 Å². The van der Waals surface area contributed by atoms with E-state index in [9.17, 15) is 18.5 Å². The first kappa shape index (κ1) is 16.8. The zero-order valence-electron chi connectivity index (χ0n) is 11.7. The van der Waals surface area contributed by atoms with Gasteiger partial charge in [0.25, 0.3) is 5.69 Å². The van der Waals surface area contributed by atoms with Gasteiger partial charge in [0.15, 0.2) is 4.90 Å². The van der Waals surface area contributed by atoms with Gasteiger partial charge in [-0.2, -0.15) is 9.57 Å². The van der Waals surface area contributed by atoms with Crippen LogP contribution in [0.5, 0.6) is 0 Å². The number of nitrogens with zero attached hydrogens (tertiary/aromatic N) is 3. The van der Waals surface area contributed by atoms with E-state index in [0.717, 1.165) is 16.4 Å². The Morgan fingerprint density at radius 2 is 2.14 bits per heavy atom. The molecule has 0 saturated heterocycles. The Balaban J connectivity index is 3.47. The summed E-state index contributed by atoms with van der Waals surface area (Å²) < 4.78 is 26.1. The summed E-state index contributed by atoms with van der Waals surface area (Å²) in [7, 11) is -4.03. The highest BCUT2D eigenvalue weighted by Gasteiger charge is 2.31. The highest BCUT2D eigenvalue weighted by atomic mass is 32.2. The predicted octanol–water partition coefficient (Wildman–Crippen LogP) is 2.05. The molecule has 0 spiro atoms. The molecule has 21 heavy (non-hydrogen) atoms. The molecule has 0 unspecified atom stereocenters. The Hall–Kier alpha value is -2.24. The van der Waals surface area contributed by atoms with Crippen molar-refractivity contribution in [3.8, 4) is 6.07 Å². The van der Waals surface area contributed by atoms with E-state index in [0.29, 0.717) is 5.57 Å². The molecule has 1 rings (SSSR count). The summed E-state index contributed by atoms with van der Waals surface area (Å²) in [5.41, 5.74) is 0.0505. The van der Waals surface area contributed by atoms with Crippen LogP contribution in [0.1, 0.15) is 19.4 Å². The van der Waals surface area contributed by atoms with Crippen LogP contribution in [0.2, 0.25) is 0 Å². The third kappa shape index (κ3) is 3.65. The normalized spacial score (nSPS) is 11.1. The largest absolute Gasteiger partial charge is 0.290 e. The Labute approximate surface area is 123 Å². The number of likely N-dealkylation sites (N-methyl/N-ethyl adjacent to an activating group) is 1. The Kier molecular flexibility index (Phi) is 5.18. The minimum Gasteiger partial charge on any atom is -0.258 e. The van der Waals surface area contributed by atoms with Crippen LogP contribution in [0.3, 0.4) is 0 Å². The predicted molar refractivity (Wildman–Crippen MR) is 77.1 cm³/mol. The minimum atomic E-state index is -4.03. The van der Waals surface area contributed by atoms with Crippen molar-refractivity contribution in [2.75, 3.05) is 13.1 Å². The monoisotopic (exact) mass is 309 g/mol. The summed E-state index contributed by atoms with van der Waals surface area (Å²) in [5, 5.41) is 19.8. The number of nitro benzene ring substituents is 1. The fourth-order valence-electron chi connectivity index (χ4n) is 1.75. The molecule has 0 N–H and O–H groups in total. The van der Waals surface area contributed by atoms with Crippen molar-refractivity contribution in [2.24, 2.45) is 0 Å². The molecule has 0 saturated carbocycles. The maximum atomic E-state index is 12.5. The van der Waals surface area contributed by atoms with Crippen LogP contribution in [0, 0.1) is 21.4 Å². The maximum Gasteiger partial charge on any atom is 0.290 e. The van der Waals surface area contributed by atoms with Gasteiger partial charge in [0.2, 0.25) is 10.0 Å². The summed E-state index contributed by atoms with van der Waals surface area (Å²) in [4.78, 5) is 9.84. The van der Waals surface area contributed by atoms with Crippen molar-refractivity contribution in [1.29, 1.82) is 5.26 Å². The molecule has 0 atom stereocenters. The molecule has 1 aromatic rings. The number of hydrogen-bond donors (Lipinski definition) is 0. The summed E-state index contributed by atoms with van der Waals surface area (Å²) in [6.45, 7) is 7.20. The quantitative estimate of drug-likeness (QED) is 0.454. The molecule has 0 aliphatic heterocycles. The first-order chi connectivity index (χ1) is 9.73. The van der Waals surface area contributed by atoms with Crippen molar-refractivity contribution in [2.45, 2.75) is 18.7 Å². The van der Waals surface area contributed by atoms with Gasteiger partial charge < -0.3 is 0 Å². The minimum absolute atomic E-state index is 0.0311. The lowest BCUT2D eigenvalue weighted by Crippen LogP contribution is -2.32. The second-order valence-electron chi connectivity index (χ2n) is 4.44. The lowest BCUT2D eigenvalue weighted by Gasteiger charge is -2.20. The van der Waals surface area contributed by atoms with Gasteiger partial charge in [0.05, 0.1) is 16.6 Å². The van der Waals surface area contributed by atoms with Gasteiger partial charge in [-0.1, -0.05) is 19.1 Å². The van der Waals surface area contributed by atoms with Crippen molar-refractivity contribution >= 4 is 15.7 Å². The molecule has 0 aliphatic rings. The second kappa shape index (κ2) is 6.47. The molecule has 0 radical (unpaired) electrons. The van der Waals surface area contributed by atoms with E-state index in [2.05, 4.69) is 6.58 Å². The van der Waals surface area contributed by atoms with E-state index in [1.807, 2.05) is 0 Å². The Morgan fingerprint density at radius 1 is 1.52 bits per heavy atom. The summed E-state index contributed by atoms with van der Waals surface area (Å²) in [6.07, 6.45) is 0. The smallest absolute Gasteiger partial charge is 0.258 e. The summed E-state index contributed by atoms with van der Waals surface area (Å²) in [6, 6.07) is 5.04. The van der Waals surface area contributed by atoms with Crippen molar-refractivity contribution in [3.05, 3.63) is 46.0 Å². The molecule has 0 amide bonds. The third-order valence-corrected chi connectivity index (χ3v) is 4.67. The van der Waals surface area contributed by atoms with Gasteiger partial charge >= 0.3 is 0 Å². The topological polar surface area (TPSA) is 104 Å². The van der Waals surface area contributed by atoms with Crippen LogP contribution < -0.4 is 0 Å². The zero-order valence-corrected chi connectivity index (χ0v) is 12.6. The molecule has 112 valence electrons. The van der Waals surface area contributed by atoms with Crippen LogP contribution in [0.4, 0.5) is 5.69 Å². The standard InChI is InChI=1S/C13H15N3O4S/c1-4-15(9-10(2)3)21(19,20)13-6-5-11(8-14)7-12(13)16(17)18/h5-7H,2,4,9H2,1,3H3. The average Bonchev–Trinajstić information content (AvgIpc) is 2.43. The van der Waals surface area contributed by atoms with Crippen LogP contribution in [-0.2, 0) is 10.0 Å². The molecular weight excluding hydrogens is 294 g/mol. The van der Waals surface area contributed by atoms with E-state index in [4.69, 9.17) is 5.26 Å². The molecule has 0 aliphatic carbocycles. The molecule has 0 bridgehead atoms. The zero-order chi connectivity index (χ0) is 16.2. The van der Waals surface area contributed by atoms with Crippen LogP contribution in [0.25, 0.3) is 0 Å². The first-order valence-electron chi connectivity index (χ1n) is 6.07. The van der Waals surface area contributed by atoms with Gasteiger partial charge in [0, 0.05) is 19.2 Å². The number of nitro groups is 1. The summed E-state index contributed by atoms with van der Waals surface area (Å²) >= 11 is 0. The molecule has 8 heteroatoms. The van der Waals surface area contributed by atoms with Crippen LogP contribution in [-0.4, -0.2) is 30.7 Å². The molecule has 0 fully saturated rings.